The number of nitrogens with zero attached hydrogens (tertiary/aromatic N) is 6. The second-order valence-electron chi connectivity index (χ2n) is 18.0. The van der Waals surface area contributed by atoms with Crippen molar-refractivity contribution in [2.24, 2.45) is 0 Å². The van der Waals surface area contributed by atoms with Gasteiger partial charge in [-0.25, -0.2) is 15.0 Å². The van der Waals surface area contributed by atoms with Crippen molar-refractivity contribution in [3.8, 4) is 51.2 Å². The van der Waals surface area contributed by atoms with E-state index >= 15 is 0 Å². The number of fused-ring (bicyclic) bond motifs is 14. The normalized spacial score (nSPS) is 12.0. The molecule has 0 atom stereocenters. The monoisotopic (exact) mass is 894 g/mol. The molecule has 15 aromatic rings. The van der Waals surface area contributed by atoms with Gasteiger partial charge in [0.2, 0.25) is 0 Å². The molecule has 5 heterocycles. The summed E-state index contributed by atoms with van der Waals surface area (Å²) in [7, 11) is 0. The summed E-state index contributed by atoms with van der Waals surface area (Å²) in [4.78, 5) is 14.9. The number of aromatic nitrogens is 6. The highest BCUT2D eigenvalue weighted by atomic mass is 16.3. The predicted molar refractivity (Wildman–Crippen MR) is 286 cm³/mol. The lowest BCUT2D eigenvalue weighted by Gasteiger charge is -2.10. The Morgan fingerprint density at radius 2 is 0.629 bits per heavy atom. The highest BCUT2D eigenvalue weighted by Crippen LogP contribution is 2.45. The highest BCUT2D eigenvalue weighted by Gasteiger charge is 2.23. The van der Waals surface area contributed by atoms with Crippen LogP contribution in [0.3, 0.4) is 0 Å². The molecule has 5 aromatic heterocycles. The lowest BCUT2D eigenvalue weighted by atomic mass is 10.1. The van der Waals surface area contributed by atoms with Crippen LogP contribution in [-0.2, 0) is 0 Å². The summed E-state index contributed by atoms with van der Waals surface area (Å²) in [6.07, 6.45) is 0. The summed E-state index contributed by atoms with van der Waals surface area (Å²) >= 11 is 0. The molecule has 7 heteroatoms. The first kappa shape index (κ1) is 38.5. The van der Waals surface area contributed by atoms with Gasteiger partial charge in [0.1, 0.15) is 11.2 Å². The first-order valence-corrected chi connectivity index (χ1v) is 23.6. The molecule has 0 N–H and O–H groups in total. The summed E-state index contributed by atoms with van der Waals surface area (Å²) in [6, 6.07) is 81.3. The number of hydrogen-bond donors (Lipinski definition) is 0. The molecule has 0 fully saturated rings. The largest absolute Gasteiger partial charge is 0.455 e. The predicted octanol–water partition coefficient (Wildman–Crippen LogP) is 16.1. The van der Waals surface area contributed by atoms with Crippen molar-refractivity contribution in [1.82, 2.24) is 28.7 Å². The molecular formula is C63H38N6O. The third kappa shape index (κ3) is 5.66. The summed E-state index contributed by atoms with van der Waals surface area (Å²) in [5, 5.41) is 9.09. The van der Waals surface area contributed by atoms with Crippen molar-refractivity contribution in [2.75, 3.05) is 0 Å². The van der Waals surface area contributed by atoms with E-state index in [4.69, 9.17) is 19.4 Å². The average molecular weight is 895 g/mol. The third-order valence-corrected chi connectivity index (χ3v) is 14.1. The van der Waals surface area contributed by atoms with Crippen LogP contribution in [0.4, 0.5) is 0 Å². The highest BCUT2D eigenvalue weighted by molar-refractivity contribution is 6.29. The van der Waals surface area contributed by atoms with Gasteiger partial charge in [0.25, 0.3) is 0 Å². The minimum absolute atomic E-state index is 0.620. The maximum Gasteiger partial charge on any atom is 0.164 e. The Bertz CT molecular complexity index is 4510. The average Bonchev–Trinajstić information content (AvgIpc) is 4.18. The van der Waals surface area contributed by atoms with Gasteiger partial charge in [0.05, 0.1) is 43.9 Å². The Labute approximate surface area is 400 Å². The number of benzene rings is 10. The van der Waals surface area contributed by atoms with E-state index in [1.54, 1.807) is 0 Å². The van der Waals surface area contributed by atoms with E-state index in [0.29, 0.717) is 17.5 Å². The zero-order valence-electron chi connectivity index (χ0n) is 37.5. The van der Waals surface area contributed by atoms with Crippen LogP contribution in [0.25, 0.3) is 139 Å². The van der Waals surface area contributed by atoms with Crippen LogP contribution in [0.2, 0.25) is 0 Å². The first-order chi connectivity index (χ1) is 34.7. The van der Waals surface area contributed by atoms with Crippen molar-refractivity contribution in [1.29, 1.82) is 0 Å². The summed E-state index contributed by atoms with van der Waals surface area (Å²) in [5.74, 6) is 1.89. The van der Waals surface area contributed by atoms with Crippen LogP contribution in [0, 0.1) is 0 Å². The molecule has 0 unspecified atom stereocenters. The van der Waals surface area contributed by atoms with Crippen LogP contribution in [-0.4, -0.2) is 28.7 Å². The van der Waals surface area contributed by atoms with Crippen LogP contribution >= 0.6 is 0 Å². The topological polar surface area (TPSA) is 66.6 Å². The van der Waals surface area contributed by atoms with E-state index in [1.165, 1.54) is 21.8 Å². The number of rotatable bonds is 6. The Morgan fingerprint density at radius 1 is 0.257 bits per heavy atom. The second-order valence-corrected chi connectivity index (χ2v) is 18.0. The fraction of sp³-hybridized carbons (Fsp3) is 0. The van der Waals surface area contributed by atoms with Crippen LogP contribution in [0.5, 0.6) is 0 Å². The number of para-hydroxylation sites is 4. The van der Waals surface area contributed by atoms with Crippen molar-refractivity contribution in [3.63, 3.8) is 0 Å². The SMILES string of the molecule is c1ccc(-c2nc(-c3ccccc3)nc(-c3ccc(-n4c5ccccc5c5c6oc7c(ccc8c7c7ccccc7n8-c7ccc8c(c7)c7ccccc7n8-c7ccccc7)c6ccc54)cc3)n2)cc1. The third-order valence-electron chi connectivity index (χ3n) is 14.1. The first-order valence-electron chi connectivity index (χ1n) is 23.6. The Morgan fingerprint density at radius 3 is 1.17 bits per heavy atom. The lowest BCUT2D eigenvalue weighted by Crippen LogP contribution is -2.00. The van der Waals surface area contributed by atoms with E-state index in [1.807, 2.05) is 60.7 Å². The molecule has 0 aliphatic carbocycles. The fourth-order valence-corrected chi connectivity index (χ4v) is 11.0. The Kier molecular flexibility index (Phi) is 8.23. The fourth-order valence-electron chi connectivity index (χ4n) is 11.0. The Hall–Kier alpha value is -9.59. The van der Waals surface area contributed by atoms with Crippen LogP contribution < -0.4 is 0 Å². The van der Waals surface area contributed by atoms with Gasteiger partial charge >= 0.3 is 0 Å². The van der Waals surface area contributed by atoms with Crippen molar-refractivity contribution >= 4 is 87.4 Å². The molecule has 0 aliphatic rings. The molecule has 15 rings (SSSR count). The molecule has 0 amide bonds. The zero-order chi connectivity index (χ0) is 45.9. The van der Waals surface area contributed by atoms with Crippen LogP contribution in [0.1, 0.15) is 0 Å². The standard InChI is InChI=1S/C63H38N6O/c1-4-16-39(17-5-1)61-64-62(40-18-6-2-7-19-40)66-63(65-61)41-28-30-43(31-29-41)68-52-26-14-11-23-48(52)57-55(68)36-33-46-47-34-37-56-58(60(47)70-59(46)57)49-24-12-15-27-53(49)69(56)44-32-35-54-50(38-44)45-22-10-13-25-51(45)67(54)42-20-8-3-9-21-42/h1-38H. The number of furan rings is 1. The smallest absolute Gasteiger partial charge is 0.164 e. The summed E-state index contributed by atoms with van der Waals surface area (Å²) in [5.41, 5.74) is 14.6. The van der Waals surface area contributed by atoms with Gasteiger partial charge in [0, 0.05) is 66.1 Å². The van der Waals surface area contributed by atoms with Gasteiger partial charge in [-0.3, -0.25) is 0 Å². The molecule has 0 aliphatic heterocycles. The van der Waals surface area contributed by atoms with E-state index < -0.39 is 0 Å². The zero-order valence-corrected chi connectivity index (χ0v) is 37.5. The molecule has 70 heavy (non-hydrogen) atoms. The minimum atomic E-state index is 0.620. The maximum absolute atomic E-state index is 7.29. The maximum atomic E-state index is 7.29. The summed E-state index contributed by atoms with van der Waals surface area (Å²) in [6.45, 7) is 0. The van der Waals surface area contributed by atoms with E-state index in [9.17, 15) is 0 Å². The molecule has 326 valence electrons. The van der Waals surface area contributed by atoms with Gasteiger partial charge < -0.3 is 18.1 Å². The molecule has 0 saturated carbocycles. The molecule has 0 saturated heterocycles. The molecule has 7 nitrogen and oxygen atoms in total. The number of hydrogen-bond acceptors (Lipinski definition) is 4. The quantitative estimate of drug-likeness (QED) is 0.167. The molecular weight excluding hydrogens is 857 g/mol. The minimum Gasteiger partial charge on any atom is -0.455 e. The van der Waals surface area contributed by atoms with Gasteiger partial charge in [-0.1, -0.05) is 133 Å². The van der Waals surface area contributed by atoms with Crippen LogP contribution in [0.15, 0.2) is 235 Å². The molecule has 0 bridgehead atoms. The van der Waals surface area contributed by atoms with Gasteiger partial charge in [-0.2, -0.15) is 0 Å². The van der Waals surface area contributed by atoms with Gasteiger partial charge in [-0.05, 0) is 97.1 Å². The molecule has 0 spiro atoms. The van der Waals surface area contributed by atoms with Crippen molar-refractivity contribution in [2.45, 2.75) is 0 Å². The molecule has 10 aromatic carbocycles. The molecule has 0 radical (unpaired) electrons. The van der Waals surface area contributed by atoms with E-state index in [0.717, 1.165) is 99.3 Å². The summed E-state index contributed by atoms with van der Waals surface area (Å²) < 4.78 is 14.4. The van der Waals surface area contributed by atoms with Gasteiger partial charge in [0.15, 0.2) is 17.5 Å². The van der Waals surface area contributed by atoms with Crippen molar-refractivity contribution < 1.29 is 4.42 Å². The van der Waals surface area contributed by atoms with Crippen molar-refractivity contribution in [3.05, 3.63) is 231 Å². The van der Waals surface area contributed by atoms with Gasteiger partial charge in [-0.15, -0.1) is 0 Å². The van der Waals surface area contributed by atoms with E-state index in [2.05, 4.69) is 184 Å². The second kappa shape index (κ2) is 15.0. The van der Waals surface area contributed by atoms with E-state index in [-0.39, 0.29) is 0 Å². The Balaban J connectivity index is 0.895. The lowest BCUT2D eigenvalue weighted by molar-refractivity contribution is 0.677.